The van der Waals surface area contributed by atoms with E-state index in [2.05, 4.69) is 9.88 Å². The molecular formula is H3N3O3. The summed E-state index contributed by atoms with van der Waals surface area (Å²) >= 11 is 0. The van der Waals surface area contributed by atoms with E-state index >= 15 is 0 Å². The highest BCUT2D eigenvalue weighted by molar-refractivity contribution is 3.83. The Hall–Kier alpha value is -0.240. The lowest BCUT2D eigenvalue weighted by molar-refractivity contribution is -1.19. The number of hydrazine groups is 1. The highest BCUT2D eigenvalue weighted by atomic mass is 17.3. The smallest absolute Gasteiger partial charge is 0.0367 e. The predicted molar refractivity (Wildman–Crippen MR) is 12.8 cm³/mol. The predicted octanol–water partition coefficient (Wildman–Crippen LogP) is -2.83. The van der Waals surface area contributed by atoms with Crippen LogP contribution in [-0.2, 0) is 9.88 Å². The standard InChI is InChI=1S/H3N3O3/c4-3-5-1-2-6-3/h1-3H. The van der Waals surface area contributed by atoms with E-state index in [4.69, 9.17) is 0 Å². The van der Waals surface area contributed by atoms with Crippen molar-refractivity contribution in [2.24, 2.45) is 0 Å². The van der Waals surface area contributed by atoms with Crippen LogP contribution in [0.5, 0.6) is 0 Å². The van der Waals surface area contributed by atoms with Crippen molar-refractivity contribution in [1.82, 2.24) is 11.2 Å². The van der Waals surface area contributed by atoms with Gasteiger partial charge in [-0.3, -0.25) is 0 Å². The molecule has 36 valence electrons. The Bertz CT molecular complexity index is 39.3. The largest absolute Gasteiger partial charge is 0.563 e. The van der Waals surface area contributed by atoms with Crippen LogP contribution >= 0.6 is 0 Å². The molecule has 0 aromatic heterocycles. The minimum absolute atomic E-state index is 0.769. The van der Waals surface area contributed by atoms with Crippen LogP contribution in [0.4, 0.5) is 0 Å². The highest BCUT2D eigenvalue weighted by Crippen LogP contribution is 1.49. The van der Waals surface area contributed by atoms with Gasteiger partial charge >= 0.3 is 0 Å². The zero-order chi connectivity index (χ0) is 4.41. The van der Waals surface area contributed by atoms with Crippen LogP contribution < -0.4 is 16.6 Å². The fourth-order valence-electron chi connectivity index (χ4n) is 0.146. The molecule has 1 heterocycles. The zero-order valence-corrected chi connectivity index (χ0v) is 2.72. The molecular weight excluding hydrogens is 90.0 g/mol. The van der Waals surface area contributed by atoms with Gasteiger partial charge in [-0.25, -0.2) is 0 Å². The molecule has 0 amide bonds. The third kappa shape index (κ3) is 0.627. The quantitative estimate of drug-likeness (QED) is 0.282. The average Bonchev–Trinajstić information content (AvgIpc) is 1.86. The first kappa shape index (κ1) is 3.93. The van der Waals surface area contributed by atoms with Crippen LogP contribution in [0.3, 0.4) is 0 Å². The Kier molecular flexibility index (Phi) is 0.965. The first-order valence-corrected chi connectivity index (χ1v) is 1.27. The maximum Gasteiger partial charge on any atom is -0.0367 e. The summed E-state index contributed by atoms with van der Waals surface area (Å²) in [5.74, 6) is 0. The van der Waals surface area contributed by atoms with Crippen molar-refractivity contribution in [3.8, 4) is 0 Å². The van der Waals surface area contributed by atoms with Crippen molar-refractivity contribution in [2.45, 2.75) is 0 Å². The van der Waals surface area contributed by atoms with E-state index < -0.39 is 5.39 Å². The molecule has 1 saturated heterocycles. The molecule has 1 aliphatic rings. The molecule has 3 N–H and O–H groups in total. The number of hydrogen-bond acceptors (Lipinski definition) is 5. The monoisotopic (exact) mass is 93.0 g/mol. The third-order valence-electron chi connectivity index (χ3n) is 0.310. The van der Waals surface area contributed by atoms with Gasteiger partial charge in [0.2, 0.25) is 0 Å². The Morgan fingerprint density at radius 2 is 1.83 bits per heavy atom. The van der Waals surface area contributed by atoms with Crippen molar-refractivity contribution in [2.75, 3.05) is 0 Å². The second-order valence-corrected chi connectivity index (χ2v) is 0.658. The van der Waals surface area contributed by atoms with E-state index in [0.717, 1.165) is 0 Å². The summed E-state index contributed by atoms with van der Waals surface area (Å²) in [5.41, 5.74) is 3.90. The lowest BCUT2D eigenvalue weighted by Gasteiger charge is -1.99. The van der Waals surface area contributed by atoms with Crippen molar-refractivity contribution in [3.05, 3.63) is 5.21 Å². The summed E-state index contributed by atoms with van der Waals surface area (Å²) < 4.78 is 0. The second kappa shape index (κ2) is 1.47. The van der Waals surface area contributed by atoms with Crippen LogP contribution in [0, 0.1) is 5.21 Å². The van der Waals surface area contributed by atoms with Gasteiger partial charge in [0, 0.05) is 0 Å². The topological polar surface area (TPSA) is 70.0 Å². The van der Waals surface area contributed by atoms with Gasteiger partial charge in [-0.1, -0.05) is 9.88 Å². The van der Waals surface area contributed by atoms with E-state index in [1.807, 2.05) is 11.2 Å². The number of nitrogens with one attached hydrogen (secondary N) is 3. The molecule has 0 bridgehead atoms. The maximum atomic E-state index is 9.67. The number of rotatable bonds is 0. The van der Waals surface area contributed by atoms with Gasteiger partial charge in [0.25, 0.3) is 0 Å². The lowest BCUT2D eigenvalue weighted by atomic mass is 12.7. The molecule has 0 saturated carbocycles. The summed E-state index contributed by atoms with van der Waals surface area (Å²) in [5, 5.41) is 8.91. The second-order valence-electron chi connectivity index (χ2n) is 0.658. The molecule has 1 fully saturated rings. The van der Waals surface area contributed by atoms with Gasteiger partial charge in [0.05, 0.1) is 0 Å². The summed E-state index contributed by atoms with van der Waals surface area (Å²) in [7, 11) is 0. The van der Waals surface area contributed by atoms with Crippen LogP contribution in [-0.4, -0.2) is 0 Å². The van der Waals surface area contributed by atoms with Gasteiger partial charge in [-0.2, -0.15) is 0 Å². The molecule has 0 aromatic rings. The van der Waals surface area contributed by atoms with Crippen molar-refractivity contribution in [1.29, 1.82) is 0 Å². The Morgan fingerprint density at radius 3 is 2.00 bits per heavy atom. The van der Waals surface area contributed by atoms with Crippen molar-refractivity contribution in [3.63, 3.8) is 0 Å². The Morgan fingerprint density at radius 1 is 1.33 bits per heavy atom. The molecule has 0 atom stereocenters. The molecule has 0 unspecified atom stereocenters. The van der Waals surface area contributed by atoms with Gasteiger partial charge in [-0.15, -0.1) is 0 Å². The molecule has 0 radical (unpaired) electrons. The number of hydrogen-bond donors (Lipinski definition) is 3. The van der Waals surface area contributed by atoms with E-state index in [0.29, 0.717) is 0 Å². The fraction of sp³-hybridized carbons (Fsp3) is 0. The highest BCUT2D eigenvalue weighted by Gasteiger charge is 2.04. The van der Waals surface area contributed by atoms with E-state index in [-0.39, 0.29) is 0 Å². The van der Waals surface area contributed by atoms with Crippen LogP contribution in [0.1, 0.15) is 0 Å². The van der Waals surface area contributed by atoms with E-state index in [1.54, 1.807) is 0 Å². The van der Waals surface area contributed by atoms with E-state index in [1.165, 1.54) is 0 Å². The molecule has 0 aliphatic carbocycles. The molecule has 1 rings (SSSR count). The minimum atomic E-state index is -0.769. The lowest BCUT2D eigenvalue weighted by Crippen LogP contribution is -3.03. The van der Waals surface area contributed by atoms with Crippen LogP contribution in [0.2, 0.25) is 0 Å². The van der Waals surface area contributed by atoms with E-state index in [9.17, 15) is 5.21 Å². The van der Waals surface area contributed by atoms with Gasteiger partial charge in [0.15, 0.2) is 0 Å². The molecule has 0 spiro atoms. The molecule has 6 heteroatoms. The normalized spacial score (nSPS) is 25.5. The average molecular weight is 93.0 g/mol. The van der Waals surface area contributed by atoms with Crippen molar-refractivity contribution >= 4 is 0 Å². The van der Waals surface area contributed by atoms with Crippen molar-refractivity contribution < 1.29 is 15.3 Å². The molecule has 6 nitrogen and oxygen atoms in total. The zero-order valence-electron chi connectivity index (χ0n) is 2.72. The molecule has 6 heavy (non-hydrogen) atoms. The van der Waals surface area contributed by atoms with Crippen LogP contribution in [0.15, 0.2) is 0 Å². The first-order chi connectivity index (χ1) is 2.89. The van der Waals surface area contributed by atoms with Gasteiger partial charge < -0.3 is 5.21 Å². The Balaban J connectivity index is 2.18. The molecule has 1 aliphatic heterocycles. The maximum absolute atomic E-state index is 9.67. The summed E-state index contributed by atoms with van der Waals surface area (Å²) in [6.45, 7) is 0. The molecule has 0 aromatic carbocycles. The van der Waals surface area contributed by atoms with Crippen LogP contribution in [0.25, 0.3) is 0 Å². The first-order valence-electron chi connectivity index (χ1n) is 1.27. The van der Waals surface area contributed by atoms with Gasteiger partial charge in [0.1, 0.15) is 0 Å². The summed E-state index contributed by atoms with van der Waals surface area (Å²) in [6, 6.07) is 0. The summed E-state index contributed by atoms with van der Waals surface area (Å²) in [4.78, 5) is 7.86. The Labute approximate surface area is 33.0 Å². The summed E-state index contributed by atoms with van der Waals surface area (Å²) in [6.07, 6.45) is 0. The minimum Gasteiger partial charge on any atom is -0.563 e. The van der Waals surface area contributed by atoms with Gasteiger partial charge in [-0.05, 0) is 16.6 Å². The number of quaternary nitrogens is 1. The fourth-order valence-corrected chi connectivity index (χ4v) is 0.146. The SMILES string of the molecule is [O-][NH+]1ONNO1. The third-order valence-corrected chi connectivity index (χ3v) is 0.310.